The number of hydrogen-bond donors (Lipinski definition) is 0. The third kappa shape index (κ3) is 0.921. The van der Waals surface area contributed by atoms with E-state index in [0.29, 0.717) is 0 Å². The van der Waals surface area contributed by atoms with Gasteiger partial charge in [0.1, 0.15) is 0 Å². The van der Waals surface area contributed by atoms with Crippen molar-refractivity contribution in [2.24, 2.45) is 11.8 Å². The van der Waals surface area contributed by atoms with Crippen LogP contribution in [0.15, 0.2) is 23.9 Å². The second-order valence-corrected chi connectivity index (χ2v) is 4.20. The molecule has 0 spiro atoms. The van der Waals surface area contributed by atoms with Crippen LogP contribution in [0.2, 0.25) is 0 Å². The first-order valence-corrected chi connectivity index (χ1v) is 5.07. The summed E-state index contributed by atoms with van der Waals surface area (Å²) in [6.07, 6.45) is 11.2. The van der Waals surface area contributed by atoms with Crippen molar-refractivity contribution < 1.29 is 0 Å². The van der Waals surface area contributed by atoms with Gasteiger partial charge in [-0.2, -0.15) is 0 Å². The highest BCUT2D eigenvalue weighted by Crippen LogP contribution is 2.46. The van der Waals surface area contributed by atoms with Gasteiger partial charge in [-0.15, -0.1) is 0 Å². The fourth-order valence-electron chi connectivity index (χ4n) is 2.56. The lowest BCUT2D eigenvalue weighted by molar-refractivity contribution is 0.423. The fraction of sp³-hybridized carbons (Fsp3) is 0.636. The maximum Gasteiger partial charge on any atom is 0.0359 e. The molecule has 1 heteroatoms. The van der Waals surface area contributed by atoms with Gasteiger partial charge < -0.3 is 4.90 Å². The van der Waals surface area contributed by atoms with Crippen molar-refractivity contribution in [1.29, 1.82) is 0 Å². The van der Waals surface area contributed by atoms with Gasteiger partial charge in [-0.3, -0.25) is 0 Å². The van der Waals surface area contributed by atoms with E-state index in [1.165, 1.54) is 25.8 Å². The van der Waals surface area contributed by atoms with Crippen LogP contribution in [0.25, 0.3) is 0 Å². The van der Waals surface area contributed by atoms with Gasteiger partial charge in [-0.25, -0.2) is 0 Å². The first-order chi connectivity index (χ1) is 5.95. The highest BCUT2D eigenvalue weighted by atomic mass is 15.2. The van der Waals surface area contributed by atoms with E-state index >= 15 is 0 Å². The quantitative estimate of drug-likeness (QED) is 0.569. The zero-order chi connectivity index (χ0) is 7.97. The second-order valence-electron chi connectivity index (χ2n) is 4.20. The average Bonchev–Trinajstić information content (AvgIpc) is 2.86. The second kappa shape index (κ2) is 2.38. The van der Waals surface area contributed by atoms with Crippen molar-refractivity contribution in [1.82, 2.24) is 4.90 Å². The summed E-state index contributed by atoms with van der Waals surface area (Å²) in [5, 5.41) is 0. The predicted octanol–water partition coefficient (Wildman–Crippen LogP) is 2.17. The minimum Gasteiger partial charge on any atom is -0.371 e. The van der Waals surface area contributed by atoms with Crippen LogP contribution in [0.1, 0.15) is 19.3 Å². The van der Waals surface area contributed by atoms with E-state index in [-0.39, 0.29) is 0 Å². The molecule has 1 aliphatic carbocycles. The Morgan fingerprint density at radius 1 is 1.25 bits per heavy atom. The Hall–Kier alpha value is -0.720. The lowest BCUT2D eigenvalue weighted by Gasteiger charge is -2.23. The Balaban J connectivity index is 1.87. The summed E-state index contributed by atoms with van der Waals surface area (Å²) in [5.41, 5.74) is 1.64. The molecule has 0 aromatic rings. The minimum atomic E-state index is 0.926. The average molecular weight is 161 g/mol. The van der Waals surface area contributed by atoms with E-state index < -0.39 is 0 Å². The molecule has 1 unspecified atom stereocenters. The summed E-state index contributed by atoms with van der Waals surface area (Å²) in [6, 6.07) is 0. The van der Waals surface area contributed by atoms with Crippen LogP contribution in [-0.4, -0.2) is 18.0 Å². The summed E-state index contributed by atoms with van der Waals surface area (Å²) in [4.78, 5) is 2.54. The Morgan fingerprint density at radius 2 is 2.17 bits per heavy atom. The van der Waals surface area contributed by atoms with Gasteiger partial charge in [0.15, 0.2) is 0 Å². The molecule has 3 rings (SSSR count). The topological polar surface area (TPSA) is 3.24 Å². The van der Waals surface area contributed by atoms with Crippen molar-refractivity contribution in [3.05, 3.63) is 23.9 Å². The molecule has 1 atom stereocenters. The van der Waals surface area contributed by atoms with Crippen LogP contribution in [0.3, 0.4) is 0 Å². The molecular formula is C11H15N. The van der Waals surface area contributed by atoms with E-state index in [4.69, 9.17) is 0 Å². The molecule has 0 radical (unpaired) electrons. The maximum atomic E-state index is 2.54. The molecule has 0 N–H and O–H groups in total. The summed E-state index contributed by atoms with van der Waals surface area (Å²) >= 11 is 0. The summed E-state index contributed by atoms with van der Waals surface area (Å²) in [5.74, 6) is 1.97. The van der Waals surface area contributed by atoms with Crippen LogP contribution in [-0.2, 0) is 0 Å². The molecule has 1 saturated carbocycles. The smallest absolute Gasteiger partial charge is 0.0359 e. The molecular weight excluding hydrogens is 146 g/mol. The van der Waals surface area contributed by atoms with E-state index in [1.54, 1.807) is 5.70 Å². The summed E-state index contributed by atoms with van der Waals surface area (Å²) < 4.78 is 0. The monoisotopic (exact) mass is 161 g/mol. The van der Waals surface area contributed by atoms with E-state index in [1.807, 2.05) is 0 Å². The van der Waals surface area contributed by atoms with Crippen LogP contribution in [0.5, 0.6) is 0 Å². The van der Waals surface area contributed by atoms with Gasteiger partial charge >= 0.3 is 0 Å². The van der Waals surface area contributed by atoms with Crippen LogP contribution in [0, 0.1) is 11.8 Å². The van der Waals surface area contributed by atoms with Crippen molar-refractivity contribution in [3.8, 4) is 0 Å². The fourth-order valence-corrected chi connectivity index (χ4v) is 2.56. The first-order valence-electron chi connectivity index (χ1n) is 5.07. The number of rotatable bonds is 1. The highest BCUT2D eigenvalue weighted by molar-refractivity contribution is 5.24. The van der Waals surface area contributed by atoms with Gasteiger partial charge in [0.05, 0.1) is 0 Å². The Morgan fingerprint density at radius 3 is 3.00 bits per heavy atom. The molecule has 2 fully saturated rings. The van der Waals surface area contributed by atoms with Gasteiger partial charge in [0.25, 0.3) is 0 Å². The molecule has 0 aromatic carbocycles. The zero-order valence-corrected chi connectivity index (χ0v) is 7.37. The molecule has 1 nitrogen and oxygen atoms in total. The lowest BCUT2D eigenvalue weighted by atomic mass is 9.98. The van der Waals surface area contributed by atoms with Gasteiger partial charge in [0.2, 0.25) is 0 Å². The standard InChI is InChI=1S/C11H15N/c1-2-7-12-8-6-10(9-4-5-9)11(12)3-1/h1-3,9-10H,4-8H2. The van der Waals surface area contributed by atoms with Crippen molar-refractivity contribution >= 4 is 0 Å². The molecule has 0 bridgehead atoms. The zero-order valence-electron chi connectivity index (χ0n) is 7.37. The largest absolute Gasteiger partial charge is 0.371 e. The van der Waals surface area contributed by atoms with Crippen LogP contribution in [0.4, 0.5) is 0 Å². The number of allylic oxidation sites excluding steroid dienone is 3. The third-order valence-electron chi connectivity index (χ3n) is 3.37. The maximum absolute atomic E-state index is 2.54. The molecule has 0 aromatic heterocycles. The highest BCUT2D eigenvalue weighted by Gasteiger charge is 2.38. The number of hydrogen-bond acceptors (Lipinski definition) is 1. The lowest BCUT2D eigenvalue weighted by Crippen LogP contribution is -2.20. The third-order valence-corrected chi connectivity index (χ3v) is 3.37. The Bertz CT molecular complexity index is 248. The molecule has 2 aliphatic heterocycles. The Labute approximate surface area is 73.8 Å². The number of nitrogens with zero attached hydrogens (tertiary/aromatic N) is 1. The molecule has 12 heavy (non-hydrogen) atoms. The van der Waals surface area contributed by atoms with Gasteiger partial charge in [-0.1, -0.05) is 12.2 Å². The van der Waals surface area contributed by atoms with E-state index in [0.717, 1.165) is 18.4 Å². The Kier molecular flexibility index (Phi) is 1.34. The predicted molar refractivity (Wildman–Crippen MR) is 49.6 cm³/mol. The van der Waals surface area contributed by atoms with Crippen molar-refractivity contribution in [2.75, 3.05) is 13.1 Å². The molecule has 0 amide bonds. The van der Waals surface area contributed by atoms with E-state index in [9.17, 15) is 0 Å². The van der Waals surface area contributed by atoms with Crippen LogP contribution < -0.4 is 0 Å². The van der Waals surface area contributed by atoms with Crippen LogP contribution >= 0.6 is 0 Å². The number of fused-ring (bicyclic) bond motifs is 1. The molecule has 2 heterocycles. The molecule has 1 saturated heterocycles. The minimum absolute atomic E-state index is 0.926. The van der Waals surface area contributed by atoms with Gasteiger partial charge in [-0.05, 0) is 31.3 Å². The van der Waals surface area contributed by atoms with E-state index in [2.05, 4.69) is 23.1 Å². The molecule has 64 valence electrons. The normalized spacial score (nSPS) is 33.5. The van der Waals surface area contributed by atoms with Crippen molar-refractivity contribution in [2.45, 2.75) is 19.3 Å². The van der Waals surface area contributed by atoms with Gasteiger partial charge in [0, 0.05) is 24.7 Å². The first kappa shape index (κ1) is 6.76. The SMILES string of the molecule is C1=CCN2CCC(C3CC3)C2=C1. The molecule has 3 aliphatic rings. The summed E-state index contributed by atoms with van der Waals surface area (Å²) in [7, 11) is 0. The summed E-state index contributed by atoms with van der Waals surface area (Å²) in [6.45, 7) is 2.46. The van der Waals surface area contributed by atoms with Crippen molar-refractivity contribution in [3.63, 3.8) is 0 Å².